The molecule has 0 radical (unpaired) electrons. The summed E-state index contributed by atoms with van der Waals surface area (Å²) in [5, 5.41) is 12.8. The molecular weight excluding hydrogens is 1080 g/mol. The molecule has 0 aliphatic carbocycles. The van der Waals surface area contributed by atoms with Gasteiger partial charge in [-0.3, -0.25) is 9.55 Å². The topological polar surface area (TPSA) is 50.9 Å². The van der Waals surface area contributed by atoms with E-state index in [1.807, 2.05) is 24.4 Å². The molecule has 74 heavy (non-hydrogen) atoms. The van der Waals surface area contributed by atoms with Crippen LogP contribution in [0.5, 0.6) is 5.75 Å². The third-order valence-electron chi connectivity index (χ3n) is 15.3. The molecule has 0 unspecified atom stereocenters. The van der Waals surface area contributed by atoms with Gasteiger partial charge in [-0.25, -0.2) is 4.98 Å². The molecule has 374 valence electrons. The molecular formula is C69H66N3OPt-. The van der Waals surface area contributed by atoms with Gasteiger partial charge < -0.3 is 5.11 Å². The zero-order valence-electron chi connectivity index (χ0n) is 44.6. The molecule has 1 N–H and O–H groups in total. The SMILES string of the molecule is CC(C)(C)c1ccc(-n2c(-c3cc(C(C)(C)C)cc(-c4ccccc4)c3O)nc3c(-c4[c-]c(-c5cc(-c6ccc(C(C)(C)C(C)(C)C)cc6)ccn5)cc(-c5ccccc5)c4)cccc32)c(-c2ccccc2)c1.[Pt]. The van der Waals surface area contributed by atoms with Crippen LogP contribution in [0, 0.1) is 11.5 Å². The Hall–Kier alpha value is -7.13. The van der Waals surface area contributed by atoms with Crippen molar-refractivity contribution in [3.63, 3.8) is 0 Å². The Morgan fingerprint density at radius 1 is 0.432 bits per heavy atom. The van der Waals surface area contributed by atoms with E-state index in [1.54, 1.807) is 0 Å². The molecule has 8 aromatic carbocycles. The van der Waals surface area contributed by atoms with Crippen LogP contribution in [0.4, 0.5) is 0 Å². The number of imidazole rings is 1. The van der Waals surface area contributed by atoms with Crippen LogP contribution in [0.15, 0.2) is 194 Å². The van der Waals surface area contributed by atoms with Crippen molar-refractivity contribution in [2.75, 3.05) is 0 Å². The van der Waals surface area contributed by atoms with E-state index >= 15 is 0 Å². The average molecular weight is 1150 g/mol. The number of benzene rings is 8. The van der Waals surface area contributed by atoms with Crippen molar-refractivity contribution in [1.29, 1.82) is 0 Å². The molecule has 0 aliphatic rings. The fourth-order valence-corrected chi connectivity index (χ4v) is 9.78. The third-order valence-corrected chi connectivity index (χ3v) is 15.3. The van der Waals surface area contributed by atoms with E-state index < -0.39 is 0 Å². The van der Waals surface area contributed by atoms with Crippen LogP contribution >= 0.6 is 0 Å². The second-order valence-electron chi connectivity index (χ2n) is 23.3. The third kappa shape index (κ3) is 9.98. The number of pyridine rings is 1. The predicted octanol–water partition coefficient (Wildman–Crippen LogP) is 18.5. The molecule has 10 aromatic rings. The number of hydrogen-bond donors (Lipinski definition) is 1. The smallest absolute Gasteiger partial charge is 0.148 e. The molecule has 4 nitrogen and oxygen atoms in total. The first-order chi connectivity index (χ1) is 34.8. The van der Waals surface area contributed by atoms with E-state index in [0.29, 0.717) is 11.4 Å². The predicted molar refractivity (Wildman–Crippen MR) is 307 cm³/mol. The van der Waals surface area contributed by atoms with E-state index in [2.05, 4.69) is 257 Å². The first-order valence-corrected chi connectivity index (χ1v) is 25.6. The van der Waals surface area contributed by atoms with Crippen molar-refractivity contribution in [3.05, 3.63) is 217 Å². The Balaban J connectivity index is 0.00000672. The maximum atomic E-state index is 12.8. The minimum atomic E-state index is -0.237. The first-order valence-electron chi connectivity index (χ1n) is 25.6. The van der Waals surface area contributed by atoms with Crippen LogP contribution in [0.2, 0.25) is 0 Å². The number of phenols is 1. The van der Waals surface area contributed by atoms with Crippen molar-refractivity contribution in [2.45, 2.75) is 92.4 Å². The number of rotatable bonds is 9. The minimum Gasteiger partial charge on any atom is -0.507 e. The van der Waals surface area contributed by atoms with E-state index in [9.17, 15) is 5.11 Å². The van der Waals surface area contributed by atoms with Crippen LogP contribution in [0.25, 0.3) is 95.0 Å². The van der Waals surface area contributed by atoms with E-state index in [0.717, 1.165) is 89.2 Å². The number of aromatic hydroxyl groups is 1. The fraction of sp³-hybridized carbons (Fsp3) is 0.217. The van der Waals surface area contributed by atoms with E-state index in [-0.39, 0.29) is 48.5 Å². The number of para-hydroxylation sites is 1. The summed E-state index contributed by atoms with van der Waals surface area (Å²) >= 11 is 0. The van der Waals surface area contributed by atoms with Crippen LogP contribution < -0.4 is 0 Å². The van der Waals surface area contributed by atoms with E-state index in [4.69, 9.17) is 9.97 Å². The maximum absolute atomic E-state index is 12.8. The van der Waals surface area contributed by atoms with Gasteiger partial charge in [0.25, 0.3) is 0 Å². The molecule has 10 rings (SSSR count). The van der Waals surface area contributed by atoms with Gasteiger partial charge in [0.1, 0.15) is 11.6 Å². The standard InChI is InChI=1S/C69H66N3O.Pt/c1-66(2,3)54-34-35-61(57(42-54)47-24-17-13-18-25-47)72-62-29-21-28-56(63(62)71-65(72)59-44-55(67(4,5)6)43-58(64(59)73)48-26-19-14-20-27-48)51-38-50(45-22-15-12-16-23-45)39-52(40-51)60-41-49(36-37-70-60)46-30-32-53(33-31-46)69(10,11)68(7,8)9;/h12-39,41-44,73H,1-11H3;/q-1;. The molecule has 0 spiro atoms. The van der Waals surface area contributed by atoms with Gasteiger partial charge in [-0.05, 0) is 103 Å². The Labute approximate surface area is 453 Å². The summed E-state index contributed by atoms with van der Waals surface area (Å²) in [4.78, 5) is 10.7. The summed E-state index contributed by atoms with van der Waals surface area (Å²) in [5.41, 5.74) is 18.5. The van der Waals surface area contributed by atoms with Crippen LogP contribution in [0.3, 0.4) is 0 Å². The van der Waals surface area contributed by atoms with Crippen LogP contribution in [0.1, 0.15) is 92.9 Å². The van der Waals surface area contributed by atoms with Gasteiger partial charge in [-0.15, -0.1) is 23.8 Å². The Bertz CT molecular complexity index is 3630. The molecule has 2 heterocycles. The fourth-order valence-electron chi connectivity index (χ4n) is 9.78. The van der Waals surface area contributed by atoms with Gasteiger partial charge in [-0.1, -0.05) is 232 Å². The summed E-state index contributed by atoms with van der Waals surface area (Å²) in [6.45, 7) is 25.0. The van der Waals surface area contributed by atoms with Gasteiger partial charge >= 0.3 is 0 Å². The molecule has 5 heteroatoms. The van der Waals surface area contributed by atoms with E-state index in [1.165, 1.54) is 11.1 Å². The number of aromatic nitrogens is 3. The molecule has 0 amide bonds. The monoisotopic (exact) mass is 1150 g/mol. The molecule has 0 saturated heterocycles. The van der Waals surface area contributed by atoms with Crippen molar-refractivity contribution in [1.82, 2.24) is 14.5 Å². The normalized spacial score (nSPS) is 12.2. The van der Waals surface area contributed by atoms with Gasteiger partial charge in [0.05, 0.1) is 22.3 Å². The molecule has 2 aromatic heterocycles. The molecule has 0 aliphatic heterocycles. The maximum Gasteiger partial charge on any atom is 0.148 e. The van der Waals surface area contributed by atoms with Crippen molar-refractivity contribution in [3.8, 4) is 89.7 Å². The van der Waals surface area contributed by atoms with Gasteiger partial charge in [0, 0.05) is 44.1 Å². The quantitative estimate of drug-likeness (QED) is 0.147. The van der Waals surface area contributed by atoms with Crippen molar-refractivity contribution < 1.29 is 26.2 Å². The molecule has 0 atom stereocenters. The Morgan fingerprint density at radius 2 is 0.973 bits per heavy atom. The van der Waals surface area contributed by atoms with Gasteiger partial charge in [0.2, 0.25) is 0 Å². The summed E-state index contributed by atoms with van der Waals surface area (Å²) < 4.78 is 2.27. The zero-order chi connectivity index (χ0) is 51.5. The summed E-state index contributed by atoms with van der Waals surface area (Å²) in [6.07, 6.45) is 1.91. The summed E-state index contributed by atoms with van der Waals surface area (Å²) in [6, 6.07) is 70.5. The first kappa shape index (κ1) is 51.8. The zero-order valence-corrected chi connectivity index (χ0v) is 46.9. The molecule has 0 bridgehead atoms. The second kappa shape index (κ2) is 20.0. The van der Waals surface area contributed by atoms with Gasteiger partial charge in [-0.2, -0.15) is 0 Å². The molecule has 0 fully saturated rings. The average Bonchev–Trinajstić information content (AvgIpc) is 3.78. The number of hydrogen-bond acceptors (Lipinski definition) is 3. The Kier molecular flexibility index (Phi) is 14.0. The van der Waals surface area contributed by atoms with Crippen molar-refractivity contribution in [2.24, 2.45) is 5.41 Å². The van der Waals surface area contributed by atoms with Gasteiger partial charge in [0.15, 0.2) is 0 Å². The summed E-state index contributed by atoms with van der Waals surface area (Å²) in [7, 11) is 0. The number of phenolic OH excluding ortho intramolecular Hbond substituents is 1. The van der Waals surface area contributed by atoms with Crippen LogP contribution in [-0.2, 0) is 37.3 Å². The largest absolute Gasteiger partial charge is 0.507 e. The Morgan fingerprint density at radius 3 is 1.58 bits per heavy atom. The van der Waals surface area contributed by atoms with Crippen LogP contribution in [-0.4, -0.2) is 19.6 Å². The molecule has 0 saturated carbocycles. The minimum absolute atomic E-state index is 0. The number of fused-ring (bicyclic) bond motifs is 1. The second-order valence-corrected chi connectivity index (χ2v) is 23.3. The number of nitrogens with zero attached hydrogens (tertiary/aromatic N) is 3. The summed E-state index contributed by atoms with van der Waals surface area (Å²) in [5.74, 6) is 0.831. The van der Waals surface area contributed by atoms with Crippen molar-refractivity contribution >= 4 is 11.0 Å².